The highest BCUT2D eigenvalue weighted by molar-refractivity contribution is 7.92. The maximum atomic E-state index is 13.3. The van der Waals surface area contributed by atoms with Crippen molar-refractivity contribution in [3.8, 4) is 0 Å². The van der Waals surface area contributed by atoms with Gasteiger partial charge in [0.15, 0.2) is 5.76 Å². The number of hydrogen-bond acceptors (Lipinski definition) is 4. The summed E-state index contributed by atoms with van der Waals surface area (Å²) in [5, 5.41) is 0. The maximum Gasteiger partial charge on any atom is 0.293 e. The number of rotatable bonds is 4. The third-order valence-corrected chi connectivity index (χ3v) is 6.40. The van der Waals surface area contributed by atoms with Crippen molar-refractivity contribution < 1.29 is 22.0 Å². The zero-order chi connectivity index (χ0) is 20.6. The Morgan fingerprint density at radius 3 is 2.72 bits per heavy atom. The largest absolute Gasteiger partial charge is 0.459 e. The average Bonchev–Trinajstić information content (AvgIpc) is 3.21. The molecule has 1 N–H and O–H groups in total. The summed E-state index contributed by atoms with van der Waals surface area (Å²) in [6, 6.07) is 11.9. The Balaban J connectivity index is 1.67. The van der Waals surface area contributed by atoms with Gasteiger partial charge in [0.25, 0.3) is 15.9 Å². The van der Waals surface area contributed by atoms with Crippen LogP contribution in [0.5, 0.6) is 0 Å². The minimum absolute atomic E-state index is 0.000128. The van der Waals surface area contributed by atoms with E-state index in [0.29, 0.717) is 23.5 Å². The number of benzene rings is 2. The van der Waals surface area contributed by atoms with Crippen molar-refractivity contribution in [1.29, 1.82) is 0 Å². The summed E-state index contributed by atoms with van der Waals surface area (Å²) in [5.41, 5.74) is 2.24. The summed E-state index contributed by atoms with van der Waals surface area (Å²) in [5.74, 6) is -0.543. The lowest BCUT2D eigenvalue weighted by atomic mass is 10.0. The predicted molar refractivity (Wildman–Crippen MR) is 107 cm³/mol. The quantitative estimate of drug-likeness (QED) is 0.696. The summed E-state index contributed by atoms with van der Waals surface area (Å²) in [6.45, 7) is 2.05. The van der Waals surface area contributed by atoms with E-state index in [4.69, 9.17) is 4.42 Å². The number of amides is 1. The first-order valence-electron chi connectivity index (χ1n) is 9.12. The van der Waals surface area contributed by atoms with Crippen LogP contribution in [0.3, 0.4) is 0 Å². The molecule has 0 spiro atoms. The van der Waals surface area contributed by atoms with Gasteiger partial charge in [-0.2, -0.15) is 0 Å². The van der Waals surface area contributed by atoms with Gasteiger partial charge in [0.2, 0.25) is 0 Å². The number of nitrogens with zero attached hydrogens (tertiary/aromatic N) is 1. The van der Waals surface area contributed by atoms with Crippen LogP contribution in [0.25, 0.3) is 0 Å². The molecule has 0 atom stereocenters. The van der Waals surface area contributed by atoms with Crippen LogP contribution in [0, 0.1) is 12.7 Å². The first-order chi connectivity index (χ1) is 13.8. The first kappa shape index (κ1) is 19.2. The molecule has 29 heavy (non-hydrogen) atoms. The summed E-state index contributed by atoms with van der Waals surface area (Å²) in [6.07, 6.45) is 3.04. The normalized spacial score (nSPS) is 13.8. The molecule has 3 aromatic rings. The van der Waals surface area contributed by atoms with Crippen LogP contribution < -0.4 is 9.62 Å². The van der Waals surface area contributed by atoms with Crippen LogP contribution in [0.2, 0.25) is 0 Å². The average molecular weight is 414 g/mol. The fourth-order valence-corrected chi connectivity index (χ4v) is 4.78. The summed E-state index contributed by atoms with van der Waals surface area (Å²) in [4.78, 5) is 14.4. The second-order valence-electron chi connectivity index (χ2n) is 6.90. The summed E-state index contributed by atoms with van der Waals surface area (Å²) >= 11 is 0. The highest BCUT2D eigenvalue weighted by Crippen LogP contribution is 2.32. The number of sulfonamides is 1. The molecule has 6 nitrogen and oxygen atoms in total. The van der Waals surface area contributed by atoms with Gasteiger partial charge < -0.3 is 9.32 Å². The molecule has 1 aliphatic rings. The van der Waals surface area contributed by atoms with Crippen molar-refractivity contribution in [1.82, 2.24) is 0 Å². The van der Waals surface area contributed by atoms with Gasteiger partial charge in [-0.1, -0.05) is 6.07 Å². The molecule has 0 aliphatic carbocycles. The topological polar surface area (TPSA) is 79.6 Å². The number of anilines is 2. The molecule has 8 heteroatoms. The van der Waals surface area contributed by atoms with Crippen molar-refractivity contribution in [2.24, 2.45) is 0 Å². The van der Waals surface area contributed by atoms with Crippen LogP contribution in [0.1, 0.15) is 28.1 Å². The monoisotopic (exact) mass is 414 g/mol. The summed E-state index contributed by atoms with van der Waals surface area (Å²) in [7, 11) is -3.91. The van der Waals surface area contributed by atoms with E-state index in [2.05, 4.69) is 4.72 Å². The first-order valence-corrected chi connectivity index (χ1v) is 10.6. The zero-order valence-electron chi connectivity index (χ0n) is 15.7. The Morgan fingerprint density at radius 2 is 2.00 bits per heavy atom. The molecule has 0 saturated carbocycles. The van der Waals surface area contributed by atoms with Crippen molar-refractivity contribution in [3.63, 3.8) is 0 Å². The number of aryl methyl sites for hydroxylation is 2. The van der Waals surface area contributed by atoms with E-state index in [0.717, 1.165) is 24.5 Å². The van der Waals surface area contributed by atoms with Crippen molar-refractivity contribution in [2.75, 3.05) is 16.2 Å². The lowest BCUT2D eigenvalue weighted by Crippen LogP contribution is -2.35. The van der Waals surface area contributed by atoms with Crippen molar-refractivity contribution in [2.45, 2.75) is 24.7 Å². The highest BCUT2D eigenvalue weighted by atomic mass is 32.2. The maximum absolute atomic E-state index is 13.3. The minimum atomic E-state index is -3.91. The predicted octanol–water partition coefficient (Wildman–Crippen LogP) is 4.12. The van der Waals surface area contributed by atoms with E-state index >= 15 is 0 Å². The molecule has 0 bridgehead atoms. The lowest BCUT2D eigenvalue weighted by Gasteiger charge is -2.29. The van der Waals surface area contributed by atoms with Gasteiger partial charge in [-0.15, -0.1) is 0 Å². The Hall–Kier alpha value is -3.13. The van der Waals surface area contributed by atoms with Gasteiger partial charge >= 0.3 is 0 Å². The number of nitrogens with one attached hydrogen (secondary N) is 1. The van der Waals surface area contributed by atoms with Crippen LogP contribution in [0.4, 0.5) is 15.8 Å². The van der Waals surface area contributed by atoms with Gasteiger partial charge in [0, 0.05) is 12.2 Å². The van der Waals surface area contributed by atoms with Crippen LogP contribution in [-0.4, -0.2) is 20.9 Å². The van der Waals surface area contributed by atoms with E-state index in [-0.39, 0.29) is 16.6 Å². The lowest BCUT2D eigenvalue weighted by molar-refractivity contribution is 0.0958. The van der Waals surface area contributed by atoms with E-state index in [1.807, 2.05) is 6.07 Å². The third-order valence-electron chi connectivity index (χ3n) is 4.86. The molecule has 150 valence electrons. The van der Waals surface area contributed by atoms with Crippen LogP contribution >= 0.6 is 0 Å². The Labute approximate surface area is 168 Å². The number of fused-ring (bicyclic) bond motifs is 1. The highest BCUT2D eigenvalue weighted by Gasteiger charge is 2.26. The minimum Gasteiger partial charge on any atom is -0.459 e. The van der Waals surface area contributed by atoms with Gasteiger partial charge in [-0.25, -0.2) is 12.8 Å². The molecule has 1 aromatic heterocycles. The summed E-state index contributed by atoms with van der Waals surface area (Å²) < 4.78 is 46.6. The zero-order valence-corrected chi connectivity index (χ0v) is 16.5. The molecule has 2 heterocycles. The standard InChI is InChI=1S/C21H19FN2O4S/c1-14-12-16(22)7-9-20(14)29(26,27)23-17-8-6-15-4-2-10-24(18(15)13-17)21(25)19-5-3-11-28-19/h3,5-9,11-13,23H,2,4,10H2,1H3. The smallest absolute Gasteiger partial charge is 0.293 e. The number of hydrogen-bond donors (Lipinski definition) is 1. The fourth-order valence-electron chi connectivity index (χ4n) is 3.51. The third kappa shape index (κ3) is 3.75. The number of halogens is 1. The van der Waals surface area contributed by atoms with Gasteiger partial charge in [0.05, 0.1) is 16.8 Å². The molecule has 0 fully saturated rings. The SMILES string of the molecule is Cc1cc(F)ccc1S(=O)(=O)Nc1ccc2c(c1)N(C(=O)c1ccco1)CCC2. The molecule has 0 unspecified atom stereocenters. The van der Waals surface area contributed by atoms with Crippen molar-refractivity contribution in [3.05, 3.63) is 77.5 Å². The molecule has 1 amide bonds. The molecule has 2 aromatic carbocycles. The van der Waals surface area contributed by atoms with E-state index < -0.39 is 15.8 Å². The molecule has 4 rings (SSSR count). The number of carbonyl (C=O) groups is 1. The second-order valence-corrected chi connectivity index (χ2v) is 8.55. The molecular weight excluding hydrogens is 395 g/mol. The van der Waals surface area contributed by atoms with Crippen LogP contribution in [-0.2, 0) is 16.4 Å². The second kappa shape index (κ2) is 7.36. The molecule has 0 radical (unpaired) electrons. The van der Waals surface area contributed by atoms with E-state index in [9.17, 15) is 17.6 Å². The van der Waals surface area contributed by atoms with Crippen LogP contribution in [0.15, 0.2) is 64.1 Å². The molecule has 0 saturated heterocycles. The Bertz CT molecular complexity index is 1170. The Kier molecular flexibility index (Phi) is 4.87. The van der Waals surface area contributed by atoms with E-state index in [1.165, 1.54) is 25.3 Å². The van der Waals surface area contributed by atoms with Gasteiger partial charge in [0.1, 0.15) is 5.82 Å². The molecule has 1 aliphatic heterocycles. The van der Waals surface area contributed by atoms with Gasteiger partial charge in [-0.3, -0.25) is 9.52 Å². The van der Waals surface area contributed by atoms with E-state index in [1.54, 1.807) is 29.2 Å². The fraction of sp³-hybridized carbons (Fsp3) is 0.190. The Morgan fingerprint density at radius 1 is 1.17 bits per heavy atom. The van der Waals surface area contributed by atoms with Gasteiger partial charge in [-0.05, 0) is 73.4 Å². The number of furan rings is 1. The van der Waals surface area contributed by atoms with Crippen molar-refractivity contribution >= 4 is 27.3 Å². The number of carbonyl (C=O) groups excluding carboxylic acids is 1. The molecular formula is C21H19FN2O4S.